The normalized spacial score (nSPS) is 10.7. The predicted octanol–water partition coefficient (Wildman–Crippen LogP) is 0.0815. The van der Waals surface area contributed by atoms with Crippen LogP contribution < -0.4 is 5.73 Å². The molecule has 0 saturated carbocycles. The summed E-state index contributed by atoms with van der Waals surface area (Å²) in [4.78, 5) is 8.08. The van der Waals surface area contributed by atoms with Crippen LogP contribution in [0.1, 0.15) is 17.4 Å². The number of rotatable bonds is 3. The highest BCUT2D eigenvalue weighted by Gasteiger charge is 2.06. The van der Waals surface area contributed by atoms with Crippen molar-refractivity contribution in [3.63, 3.8) is 0 Å². The van der Waals surface area contributed by atoms with E-state index in [1.807, 2.05) is 4.57 Å². The monoisotopic (exact) mass is 193 g/mol. The summed E-state index contributed by atoms with van der Waals surface area (Å²) < 4.78 is 6.87. The maximum atomic E-state index is 5.53. The lowest BCUT2D eigenvalue weighted by Crippen LogP contribution is -2.07. The highest BCUT2D eigenvalue weighted by atomic mass is 16.5. The lowest BCUT2D eigenvalue weighted by atomic mass is 10.4. The highest BCUT2D eigenvalue weighted by molar-refractivity contribution is 4.99. The van der Waals surface area contributed by atoms with E-state index >= 15 is 0 Å². The molecule has 0 spiro atoms. The van der Waals surface area contributed by atoms with Crippen LogP contribution in [0, 0.1) is 6.92 Å². The zero-order valence-electron chi connectivity index (χ0n) is 7.84. The average Bonchev–Trinajstić information content (AvgIpc) is 2.76. The summed E-state index contributed by atoms with van der Waals surface area (Å²) >= 11 is 0. The molecule has 0 aliphatic rings. The van der Waals surface area contributed by atoms with Crippen LogP contribution in [-0.4, -0.2) is 19.7 Å². The summed E-state index contributed by atoms with van der Waals surface area (Å²) in [5.74, 6) is 1.20. The fraction of sp³-hybridized carbons (Fsp3) is 0.375. The smallest absolute Gasteiger partial charge is 0.246 e. The number of hydrogen-bond acceptors (Lipinski definition) is 5. The predicted molar refractivity (Wildman–Crippen MR) is 48.3 cm³/mol. The minimum Gasteiger partial charge on any atom is -0.337 e. The molecule has 0 aliphatic carbocycles. The zero-order valence-corrected chi connectivity index (χ0v) is 7.84. The van der Waals surface area contributed by atoms with E-state index < -0.39 is 0 Å². The number of aromatic nitrogens is 4. The first-order valence-electron chi connectivity index (χ1n) is 4.28. The molecule has 2 aromatic heterocycles. The van der Waals surface area contributed by atoms with Crippen molar-refractivity contribution in [2.24, 2.45) is 5.73 Å². The first-order valence-corrected chi connectivity index (χ1v) is 4.28. The van der Waals surface area contributed by atoms with E-state index in [1.165, 1.54) is 0 Å². The van der Waals surface area contributed by atoms with Gasteiger partial charge in [0.1, 0.15) is 6.54 Å². The van der Waals surface area contributed by atoms with E-state index in [0.29, 0.717) is 24.8 Å². The van der Waals surface area contributed by atoms with Gasteiger partial charge in [-0.15, -0.1) is 0 Å². The number of aryl methyl sites for hydroxylation is 1. The Morgan fingerprint density at radius 2 is 2.43 bits per heavy atom. The molecule has 2 N–H and O–H groups in total. The zero-order chi connectivity index (χ0) is 9.97. The van der Waals surface area contributed by atoms with Crippen LogP contribution in [0.25, 0.3) is 0 Å². The summed E-state index contributed by atoms with van der Waals surface area (Å²) in [6, 6.07) is 0. The molecule has 0 aliphatic heterocycles. The number of nitrogens with two attached hydrogens (primary N) is 1. The van der Waals surface area contributed by atoms with Gasteiger partial charge in [0.15, 0.2) is 5.82 Å². The first kappa shape index (κ1) is 8.89. The van der Waals surface area contributed by atoms with Gasteiger partial charge >= 0.3 is 0 Å². The van der Waals surface area contributed by atoms with E-state index in [2.05, 4.69) is 15.1 Å². The van der Waals surface area contributed by atoms with Crippen LogP contribution in [-0.2, 0) is 13.1 Å². The summed E-state index contributed by atoms with van der Waals surface area (Å²) in [6.07, 6.45) is 3.42. The van der Waals surface area contributed by atoms with Gasteiger partial charge in [-0.3, -0.25) is 0 Å². The molecule has 0 unspecified atom stereocenters. The Morgan fingerprint density at radius 1 is 1.57 bits per heavy atom. The summed E-state index contributed by atoms with van der Waals surface area (Å²) in [5.41, 5.74) is 6.47. The number of imidazole rings is 1. The van der Waals surface area contributed by atoms with Crippen LogP contribution in [0.4, 0.5) is 0 Å². The Morgan fingerprint density at radius 3 is 3.07 bits per heavy atom. The van der Waals surface area contributed by atoms with E-state index in [-0.39, 0.29) is 0 Å². The van der Waals surface area contributed by atoms with E-state index in [1.54, 1.807) is 19.4 Å². The highest BCUT2D eigenvalue weighted by Crippen LogP contribution is 2.03. The standard InChI is InChI=1S/C8H11N5O/c1-6-11-8(14-12-6)4-13-5-10-3-7(13)2-9/h3,5H,2,4,9H2,1H3. The molecule has 6 nitrogen and oxygen atoms in total. The number of nitrogens with zero attached hydrogens (tertiary/aromatic N) is 4. The summed E-state index contributed by atoms with van der Waals surface area (Å²) in [6.45, 7) is 2.76. The van der Waals surface area contributed by atoms with E-state index in [9.17, 15) is 0 Å². The van der Waals surface area contributed by atoms with Crippen molar-refractivity contribution in [1.82, 2.24) is 19.7 Å². The molecule has 0 fully saturated rings. The van der Waals surface area contributed by atoms with Gasteiger partial charge in [0.25, 0.3) is 0 Å². The lowest BCUT2D eigenvalue weighted by molar-refractivity contribution is 0.366. The van der Waals surface area contributed by atoms with Gasteiger partial charge in [0.2, 0.25) is 5.89 Å². The maximum Gasteiger partial charge on any atom is 0.246 e. The van der Waals surface area contributed by atoms with Crippen molar-refractivity contribution in [1.29, 1.82) is 0 Å². The minimum absolute atomic E-state index is 0.452. The Balaban J connectivity index is 2.18. The molecule has 0 radical (unpaired) electrons. The fourth-order valence-electron chi connectivity index (χ4n) is 1.21. The fourth-order valence-corrected chi connectivity index (χ4v) is 1.21. The summed E-state index contributed by atoms with van der Waals surface area (Å²) in [7, 11) is 0. The number of hydrogen-bond donors (Lipinski definition) is 1. The molecular weight excluding hydrogens is 182 g/mol. The molecule has 0 bridgehead atoms. The molecule has 6 heteroatoms. The average molecular weight is 193 g/mol. The third kappa shape index (κ3) is 1.64. The quantitative estimate of drug-likeness (QED) is 0.746. The Kier molecular flexibility index (Phi) is 2.28. The molecule has 0 aromatic carbocycles. The molecule has 0 amide bonds. The molecule has 14 heavy (non-hydrogen) atoms. The lowest BCUT2D eigenvalue weighted by Gasteiger charge is -2.01. The van der Waals surface area contributed by atoms with Crippen LogP contribution in [0.15, 0.2) is 17.0 Å². The second kappa shape index (κ2) is 3.59. The molecule has 2 aromatic rings. The van der Waals surface area contributed by atoms with Gasteiger partial charge in [-0.1, -0.05) is 5.16 Å². The largest absolute Gasteiger partial charge is 0.337 e. The van der Waals surface area contributed by atoms with Crippen molar-refractivity contribution >= 4 is 0 Å². The van der Waals surface area contributed by atoms with E-state index in [0.717, 1.165) is 5.69 Å². The molecule has 0 saturated heterocycles. The third-order valence-electron chi connectivity index (χ3n) is 1.88. The summed E-state index contributed by atoms with van der Waals surface area (Å²) in [5, 5.41) is 3.70. The molecule has 74 valence electrons. The van der Waals surface area contributed by atoms with Gasteiger partial charge in [-0.05, 0) is 6.92 Å². The van der Waals surface area contributed by atoms with Crippen molar-refractivity contribution in [3.05, 3.63) is 29.9 Å². The van der Waals surface area contributed by atoms with E-state index in [4.69, 9.17) is 10.3 Å². The molecule has 2 heterocycles. The second-order valence-corrected chi connectivity index (χ2v) is 2.95. The molecule has 0 atom stereocenters. The second-order valence-electron chi connectivity index (χ2n) is 2.95. The molecular formula is C8H11N5O. The topological polar surface area (TPSA) is 82.8 Å². The van der Waals surface area contributed by atoms with Crippen molar-refractivity contribution in [2.75, 3.05) is 0 Å². The van der Waals surface area contributed by atoms with Gasteiger partial charge in [-0.2, -0.15) is 4.98 Å². The van der Waals surface area contributed by atoms with Gasteiger partial charge < -0.3 is 14.8 Å². The van der Waals surface area contributed by atoms with Gasteiger partial charge in [-0.25, -0.2) is 4.98 Å². The van der Waals surface area contributed by atoms with Crippen LogP contribution >= 0.6 is 0 Å². The van der Waals surface area contributed by atoms with Crippen molar-refractivity contribution in [3.8, 4) is 0 Å². The SMILES string of the molecule is Cc1noc(Cn2cncc2CN)n1. The Bertz CT molecular complexity index is 419. The minimum atomic E-state index is 0.452. The maximum absolute atomic E-state index is 5.53. The van der Waals surface area contributed by atoms with Gasteiger partial charge in [0, 0.05) is 12.7 Å². The Hall–Kier alpha value is -1.69. The van der Waals surface area contributed by atoms with Crippen LogP contribution in [0.5, 0.6) is 0 Å². The van der Waals surface area contributed by atoms with Gasteiger partial charge in [0.05, 0.1) is 12.0 Å². The van der Waals surface area contributed by atoms with Crippen LogP contribution in [0.3, 0.4) is 0 Å². The van der Waals surface area contributed by atoms with Crippen molar-refractivity contribution in [2.45, 2.75) is 20.0 Å². The first-order chi connectivity index (χ1) is 6.79. The Labute approximate surface area is 80.7 Å². The molecule has 2 rings (SSSR count). The van der Waals surface area contributed by atoms with Crippen LogP contribution in [0.2, 0.25) is 0 Å². The van der Waals surface area contributed by atoms with Crippen molar-refractivity contribution < 1.29 is 4.52 Å². The third-order valence-corrected chi connectivity index (χ3v) is 1.88.